The third-order valence-corrected chi connectivity index (χ3v) is 8.62. The van der Waals surface area contributed by atoms with E-state index in [1.807, 2.05) is 0 Å². The summed E-state index contributed by atoms with van der Waals surface area (Å²) in [5.41, 5.74) is 2.23. The number of nitrogens with zero attached hydrogens (tertiary/aromatic N) is 1. The van der Waals surface area contributed by atoms with Crippen LogP contribution in [0, 0.1) is 6.92 Å². The van der Waals surface area contributed by atoms with Crippen LogP contribution in [-0.2, 0) is 21.2 Å². The molecule has 1 aliphatic heterocycles. The first kappa shape index (κ1) is 30.4. The number of aryl methyl sites for hydroxylation is 1. The molecule has 1 saturated heterocycles. The van der Waals surface area contributed by atoms with Gasteiger partial charge in [-0.25, -0.2) is 13.2 Å². The normalized spacial score (nSPS) is 16.2. The molecule has 1 aliphatic rings. The molecule has 0 bridgehead atoms. The van der Waals surface area contributed by atoms with Crippen molar-refractivity contribution in [1.82, 2.24) is 4.98 Å². The number of sulfone groups is 1. The van der Waals surface area contributed by atoms with Gasteiger partial charge in [0.2, 0.25) is 0 Å². The monoisotopic (exact) mass is 637 g/mol. The molecule has 0 saturated carbocycles. The van der Waals surface area contributed by atoms with Crippen LogP contribution < -0.4 is 14.2 Å². The number of aliphatic hydroxyl groups is 1. The number of hydrogen-bond donors (Lipinski definition) is 1. The second-order valence-corrected chi connectivity index (χ2v) is 12.3. The molecular weight excluding hydrogens is 615 g/mol. The molecule has 43 heavy (non-hydrogen) atoms. The maximum absolute atomic E-state index is 12.9. The Kier molecular flexibility index (Phi) is 8.41. The highest BCUT2D eigenvalue weighted by Crippen LogP contribution is 2.41. The number of hydrogen-bond acceptors (Lipinski definition) is 9. The number of rotatable bonds is 7. The van der Waals surface area contributed by atoms with Crippen LogP contribution in [0.25, 0.3) is 22.0 Å². The zero-order chi connectivity index (χ0) is 30.9. The molecule has 4 aromatic rings. The Hall–Kier alpha value is -4.07. The number of pyridine rings is 1. The van der Waals surface area contributed by atoms with Gasteiger partial charge >= 0.3 is 12.5 Å². The molecule has 0 aliphatic carbocycles. The third-order valence-electron chi connectivity index (χ3n) is 6.53. The Morgan fingerprint density at radius 1 is 1.05 bits per heavy atom. The van der Waals surface area contributed by atoms with Crippen LogP contribution in [0.1, 0.15) is 17.7 Å². The van der Waals surface area contributed by atoms with Crippen molar-refractivity contribution in [3.8, 4) is 34.1 Å². The molecule has 1 aromatic heterocycles. The Bertz CT molecular complexity index is 1780. The van der Waals surface area contributed by atoms with Crippen molar-refractivity contribution in [3.05, 3.63) is 76.9 Å². The molecule has 1 unspecified atom stereocenters. The van der Waals surface area contributed by atoms with E-state index in [9.17, 15) is 31.5 Å². The van der Waals surface area contributed by atoms with Gasteiger partial charge in [0.15, 0.2) is 15.6 Å². The van der Waals surface area contributed by atoms with Crippen LogP contribution in [0.15, 0.2) is 60.7 Å². The first-order valence-electron chi connectivity index (χ1n) is 12.8. The Labute approximate surface area is 248 Å². The number of benzene rings is 3. The first-order valence-corrected chi connectivity index (χ1v) is 15.0. The van der Waals surface area contributed by atoms with E-state index in [-0.39, 0.29) is 46.8 Å². The summed E-state index contributed by atoms with van der Waals surface area (Å²) in [7, 11) is -3.30. The van der Waals surface area contributed by atoms with E-state index in [1.165, 1.54) is 18.2 Å². The molecule has 14 heteroatoms. The molecule has 0 radical (unpaired) electrons. The highest BCUT2D eigenvalue weighted by atomic mass is 35.5. The van der Waals surface area contributed by atoms with E-state index < -0.39 is 28.5 Å². The fraction of sp³-hybridized carbons (Fsp3) is 0.241. The first-order chi connectivity index (χ1) is 20.3. The molecule has 5 rings (SSSR count). The van der Waals surface area contributed by atoms with Gasteiger partial charge in [-0.05, 0) is 73.0 Å². The average molecular weight is 638 g/mol. The van der Waals surface area contributed by atoms with Gasteiger partial charge in [-0.2, -0.15) is 0 Å². The van der Waals surface area contributed by atoms with Gasteiger partial charge in [-0.1, -0.05) is 23.7 Å². The van der Waals surface area contributed by atoms with Crippen LogP contribution in [-0.4, -0.2) is 48.6 Å². The number of aliphatic hydroxyl groups excluding tert-OH is 1. The van der Waals surface area contributed by atoms with E-state index in [1.54, 1.807) is 37.3 Å². The Morgan fingerprint density at radius 2 is 1.67 bits per heavy atom. The van der Waals surface area contributed by atoms with Crippen molar-refractivity contribution >= 4 is 38.5 Å². The minimum atomic E-state index is -4.81. The van der Waals surface area contributed by atoms with Crippen molar-refractivity contribution < 1.29 is 50.4 Å². The lowest BCUT2D eigenvalue weighted by Crippen LogP contribution is -2.22. The second-order valence-electron chi connectivity index (χ2n) is 9.66. The molecule has 1 fully saturated rings. The molecule has 1 N–H and O–H groups in total. The van der Waals surface area contributed by atoms with Gasteiger partial charge in [-0.15, -0.1) is 13.2 Å². The molecule has 9 nitrogen and oxygen atoms in total. The Balaban J connectivity index is 1.46. The maximum Gasteiger partial charge on any atom is 0.573 e. The minimum absolute atomic E-state index is 0.0636. The lowest BCUT2D eigenvalue weighted by Gasteiger charge is -2.18. The van der Waals surface area contributed by atoms with Gasteiger partial charge < -0.3 is 24.1 Å². The summed E-state index contributed by atoms with van der Waals surface area (Å²) in [6.45, 7) is 1.35. The largest absolute Gasteiger partial charge is 0.573 e. The van der Waals surface area contributed by atoms with Crippen molar-refractivity contribution in [2.45, 2.75) is 32.4 Å². The number of ether oxygens (including phenoxy) is 4. The summed E-state index contributed by atoms with van der Waals surface area (Å²) in [5.74, 6) is -0.0844. The van der Waals surface area contributed by atoms with Crippen molar-refractivity contribution in [2.24, 2.45) is 0 Å². The van der Waals surface area contributed by atoms with Gasteiger partial charge in [-0.3, -0.25) is 4.98 Å². The van der Waals surface area contributed by atoms with E-state index in [0.29, 0.717) is 39.0 Å². The van der Waals surface area contributed by atoms with Crippen LogP contribution in [0.2, 0.25) is 5.02 Å². The van der Waals surface area contributed by atoms with Gasteiger partial charge in [0.05, 0.1) is 23.6 Å². The number of aromatic nitrogens is 1. The number of carbonyl (C=O) groups excluding carboxylic acids is 1. The summed E-state index contributed by atoms with van der Waals surface area (Å²) in [6, 6.07) is 14.5. The highest BCUT2D eigenvalue weighted by Gasteiger charge is 2.32. The fourth-order valence-corrected chi connectivity index (χ4v) is 6.43. The molecule has 3 aromatic carbocycles. The molecule has 226 valence electrons. The van der Waals surface area contributed by atoms with Crippen molar-refractivity contribution in [1.29, 1.82) is 0 Å². The van der Waals surface area contributed by atoms with Crippen molar-refractivity contribution in [3.63, 3.8) is 0 Å². The van der Waals surface area contributed by atoms with E-state index in [4.69, 9.17) is 25.8 Å². The maximum atomic E-state index is 12.9. The summed E-state index contributed by atoms with van der Waals surface area (Å²) >= 11 is 6.35. The average Bonchev–Trinajstić information content (AvgIpc) is 3.27. The predicted octanol–water partition coefficient (Wildman–Crippen LogP) is 6.75. The number of halogens is 4. The number of fused-ring (bicyclic) bond motifs is 1. The zero-order valence-corrected chi connectivity index (χ0v) is 23.9. The Morgan fingerprint density at radius 3 is 2.26 bits per heavy atom. The smallest absolute Gasteiger partial charge is 0.457 e. The van der Waals surface area contributed by atoms with Crippen LogP contribution in [0.3, 0.4) is 0 Å². The summed E-state index contributed by atoms with van der Waals surface area (Å²) in [6.07, 6.45) is -6.59. The van der Waals surface area contributed by atoms with Gasteiger partial charge in [0.25, 0.3) is 0 Å². The van der Waals surface area contributed by atoms with E-state index in [2.05, 4.69) is 9.72 Å². The van der Waals surface area contributed by atoms with E-state index in [0.717, 1.165) is 12.1 Å². The summed E-state index contributed by atoms with van der Waals surface area (Å²) in [4.78, 5) is 17.5. The molecule has 1 atom stereocenters. The SMILES string of the molecule is Cc1nc2cc(CO)c(Cl)cc2c(OC(=O)OC2CCS(=O)(=O)C2)c1-c1ccc(Oc2ccc(OC(F)(F)F)cc2)cc1. The number of alkyl halides is 3. The third kappa shape index (κ3) is 7.29. The van der Waals surface area contributed by atoms with Gasteiger partial charge in [0.1, 0.15) is 23.4 Å². The second kappa shape index (κ2) is 11.9. The summed E-state index contributed by atoms with van der Waals surface area (Å²) < 4.78 is 81.5. The fourth-order valence-electron chi connectivity index (χ4n) is 4.61. The minimum Gasteiger partial charge on any atom is -0.457 e. The topological polar surface area (TPSA) is 121 Å². The number of carbonyl (C=O) groups is 1. The predicted molar refractivity (Wildman–Crippen MR) is 150 cm³/mol. The van der Waals surface area contributed by atoms with Crippen LogP contribution in [0.4, 0.5) is 18.0 Å². The molecule has 0 amide bonds. The van der Waals surface area contributed by atoms with Crippen LogP contribution in [0.5, 0.6) is 23.0 Å². The zero-order valence-electron chi connectivity index (χ0n) is 22.4. The van der Waals surface area contributed by atoms with E-state index >= 15 is 0 Å². The van der Waals surface area contributed by atoms with Gasteiger partial charge in [0, 0.05) is 21.7 Å². The summed E-state index contributed by atoms with van der Waals surface area (Å²) in [5, 5.41) is 10.2. The molecule has 0 spiro atoms. The quantitative estimate of drug-likeness (QED) is 0.219. The lowest BCUT2D eigenvalue weighted by atomic mass is 9.99. The highest BCUT2D eigenvalue weighted by molar-refractivity contribution is 7.91. The standard InChI is InChI=1S/C29H23ClF3NO8S/c1-16-26(17-2-4-19(5-3-17)39-20-6-8-21(9-7-20)42-29(31,32)33)27(23-13-24(30)18(14-35)12-25(23)34-16)41-28(36)40-22-10-11-43(37,38)15-22/h2-9,12-13,22,35H,10-11,14-15H2,1H3. The lowest BCUT2D eigenvalue weighted by molar-refractivity contribution is -0.274. The molecular formula is C29H23ClF3NO8S. The van der Waals surface area contributed by atoms with Crippen LogP contribution >= 0.6 is 11.6 Å². The molecule has 2 heterocycles. The van der Waals surface area contributed by atoms with Crippen molar-refractivity contribution in [2.75, 3.05) is 11.5 Å².